The van der Waals surface area contributed by atoms with E-state index in [0.29, 0.717) is 5.92 Å². The second-order valence-electron chi connectivity index (χ2n) is 5.04. The number of nitrogen functional groups attached to an aromatic ring is 1. The van der Waals surface area contributed by atoms with Crippen LogP contribution in [-0.2, 0) is 4.74 Å². The van der Waals surface area contributed by atoms with Crippen LogP contribution in [0.4, 0.5) is 11.4 Å². The molecule has 0 bridgehead atoms. The number of hydrogen-bond acceptors (Lipinski definition) is 4. The van der Waals surface area contributed by atoms with E-state index in [4.69, 9.17) is 10.5 Å². The van der Waals surface area contributed by atoms with Crippen LogP contribution in [0.15, 0.2) is 30.5 Å². The predicted octanol–water partition coefficient (Wildman–Crippen LogP) is 2.66. The highest BCUT2D eigenvalue weighted by atomic mass is 16.5. The number of benzene rings is 1. The van der Waals surface area contributed by atoms with Gasteiger partial charge in [-0.15, -0.1) is 0 Å². The zero-order valence-electron chi connectivity index (χ0n) is 10.9. The van der Waals surface area contributed by atoms with E-state index >= 15 is 0 Å². The van der Waals surface area contributed by atoms with E-state index in [-0.39, 0.29) is 0 Å². The maximum Gasteiger partial charge on any atom is 0.0767 e. The first-order valence-electron chi connectivity index (χ1n) is 6.79. The molecule has 0 spiro atoms. The van der Waals surface area contributed by atoms with Crippen LogP contribution in [0.1, 0.15) is 12.8 Å². The summed E-state index contributed by atoms with van der Waals surface area (Å²) in [6.07, 6.45) is 4.07. The number of nitrogens with zero attached hydrogens (tertiary/aromatic N) is 1. The molecular formula is C15H19N3O. The van der Waals surface area contributed by atoms with Gasteiger partial charge in [0, 0.05) is 25.1 Å². The molecule has 100 valence electrons. The van der Waals surface area contributed by atoms with E-state index in [9.17, 15) is 0 Å². The van der Waals surface area contributed by atoms with Gasteiger partial charge in [-0.3, -0.25) is 4.98 Å². The van der Waals surface area contributed by atoms with Crippen LogP contribution in [-0.4, -0.2) is 24.7 Å². The Bertz CT molecular complexity index is 564. The largest absolute Gasteiger partial charge is 0.396 e. The first-order chi connectivity index (χ1) is 9.34. The summed E-state index contributed by atoms with van der Waals surface area (Å²) in [5.74, 6) is 0.666. The highest BCUT2D eigenvalue weighted by Gasteiger charge is 2.14. The third kappa shape index (κ3) is 2.63. The number of fused-ring (bicyclic) bond motifs is 1. The molecule has 2 heterocycles. The van der Waals surface area contributed by atoms with Crippen LogP contribution < -0.4 is 11.1 Å². The first kappa shape index (κ1) is 12.2. The quantitative estimate of drug-likeness (QED) is 0.887. The van der Waals surface area contributed by atoms with Crippen molar-refractivity contribution in [3.05, 3.63) is 30.5 Å². The van der Waals surface area contributed by atoms with Crippen LogP contribution in [0, 0.1) is 5.92 Å². The number of hydrogen-bond donors (Lipinski definition) is 2. The second-order valence-corrected chi connectivity index (χ2v) is 5.04. The summed E-state index contributed by atoms with van der Waals surface area (Å²) in [5.41, 5.74) is 8.87. The maximum absolute atomic E-state index is 6.21. The van der Waals surface area contributed by atoms with Crippen molar-refractivity contribution >= 4 is 22.3 Å². The van der Waals surface area contributed by atoms with E-state index < -0.39 is 0 Å². The molecule has 2 aromatic rings. The van der Waals surface area contributed by atoms with E-state index in [0.717, 1.165) is 54.9 Å². The Morgan fingerprint density at radius 3 is 2.89 bits per heavy atom. The van der Waals surface area contributed by atoms with E-state index in [1.807, 2.05) is 30.5 Å². The van der Waals surface area contributed by atoms with Crippen LogP contribution in [0.3, 0.4) is 0 Å². The molecule has 0 saturated carbocycles. The Hall–Kier alpha value is -1.81. The van der Waals surface area contributed by atoms with Gasteiger partial charge in [0.1, 0.15) is 0 Å². The summed E-state index contributed by atoms with van der Waals surface area (Å²) in [5, 5.41) is 4.45. The molecule has 1 aromatic carbocycles. The Morgan fingerprint density at radius 2 is 2.05 bits per heavy atom. The molecule has 0 amide bonds. The monoisotopic (exact) mass is 257 g/mol. The minimum Gasteiger partial charge on any atom is -0.396 e. The van der Waals surface area contributed by atoms with Crippen LogP contribution in [0.25, 0.3) is 10.9 Å². The van der Waals surface area contributed by atoms with E-state index in [1.165, 1.54) is 0 Å². The van der Waals surface area contributed by atoms with Gasteiger partial charge in [0.2, 0.25) is 0 Å². The molecule has 0 aliphatic carbocycles. The average molecular weight is 257 g/mol. The number of ether oxygens (including phenoxy) is 1. The van der Waals surface area contributed by atoms with Gasteiger partial charge in [0.15, 0.2) is 0 Å². The average Bonchev–Trinajstić information content (AvgIpc) is 2.48. The first-order valence-corrected chi connectivity index (χ1v) is 6.79. The Labute approximate surface area is 113 Å². The molecule has 3 rings (SSSR count). The zero-order valence-corrected chi connectivity index (χ0v) is 10.9. The fourth-order valence-corrected chi connectivity index (χ4v) is 2.51. The maximum atomic E-state index is 6.21. The minimum atomic E-state index is 0.666. The normalized spacial score (nSPS) is 16.6. The number of pyridine rings is 1. The van der Waals surface area contributed by atoms with Crippen molar-refractivity contribution in [3.8, 4) is 0 Å². The fourth-order valence-electron chi connectivity index (χ4n) is 2.51. The van der Waals surface area contributed by atoms with Crippen LogP contribution in [0.5, 0.6) is 0 Å². The van der Waals surface area contributed by atoms with Crippen molar-refractivity contribution < 1.29 is 4.74 Å². The lowest BCUT2D eigenvalue weighted by Crippen LogP contribution is -2.23. The highest BCUT2D eigenvalue weighted by Crippen LogP contribution is 2.27. The van der Waals surface area contributed by atoms with Gasteiger partial charge >= 0.3 is 0 Å². The SMILES string of the molecule is Nc1c(NCC2CCOCC2)cnc2ccccc12. The summed E-state index contributed by atoms with van der Waals surface area (Å²) in [4.78, 5) is 4.44. The smallest absolute Gasteiger partial charge is 0.0767 e. The molecule has 3 N–H and O–H groups in total. The molecular weight excluding hydrogens is 238 g/mol. The molecule has 1 aromatic heterocycles. The third-order valence-corrected chi connectivity index (χ3v) is 3.74. The molecule has 1 aliphatic heterocycles. The summed E-state index contributed by atoms with van der Waals surface area (Å²) < 4.78 is 5.37. The van der Waals surface area contributed by atoms with Gasteiger partial charge < -0.3 is 15.8 Å². The molecule has 1 fully saturated rings. The third-order valence-electron chi connectivity index (χ3n) is 3.74. The van der Waals surface area contributed by atoms with Gasteiger partial charge in [-0.05, 0) is 24.8 Å². The number of para-hydroxylation sites is 1. The van der Waals surface area contributed by atoms with E-state index in [1.54, 1.807) is 0 Å². The van der Waals surface area contributed by atoms with Crippen molar-refractivity contribution in [2.24, 2.45) is 5.92 Å². The van der Waals surface area contributed by atoms with Crippen LogP contribution in [0.2, 0.25) is 0 Å². The standard InChI is InChI=1S/C15H19N3O/c16-15-12-3-1-2-4-13(12)18-10-14(15)17-9-11-5-7-19-8-6-11/h1-4,10-11,17H,5-9H2,(H2,16,18). The van der Waals surface area contributed by atoms with Gasteiger partial charge in [0.25, 0.3) is 0 Å². The van der Waals surface area contributed by atoms with Crippen molar-refractivity contribution in [2.45, 2.75) is 12.8 Å². The molecule has 4 heteroatoms. The Kier molecular flexibility index (Phi) is 3.51. The van der Waals surface area contributed by atoms with E-state index in [2.05, 4.69) is 10.3 Å². The summed E-state index contributed by atoms with van der Waals surface area (Å²) in [6, 6.07) is 7.96. The lowest BCUT2D eigenvalue weighted by atomic mass is 10.0. The summed E-state index contributed by atoms with van der Waals surface area (Å²) in [6.45, 7) is 2.68. The number of nitrogens with two attached hydrogens (primary N) is 1. The van der Waals surface area contributed by atoms with Gasteiger partial charge in [-0.1, -0.05) is 18.2 Å². The zero-order chi connectivity index (χ0) is 13.1. The molecule has 0 atom stereocenters. The summed E-state index contributed by atoms with van der Waals surface area (Å²) >= 11 is 0. The Balaban J connectivity index is 1.75. The Morgan fingerprint density at radius 1 is 1.26 bits per heavy atom. The molecule has 1 aliphatic rings. The lowest BCUT2D eigenvalue weighted by molar-refractivity contribution is 0.0699. The highest BCUT2D eigenvalue weighted by molar-refractivity contribution is 5.96. The second kappa shape index (κ2) is 5.45. The van der Waals surface area contributed by atoms with Crippen molar-refractivity contribution in [1.29, 1.82) is 0 Å². The van der Waals surface area contributed by atoms with Crippen molar-refractivity contribution in [2.75, 3.05) is 30.8 Å². The number of rotatable bonds is 3. The molecule has 0 radical (unpaired) electrons. The molecule has 1 saturated heterocycles. The van der Waals surface area contributed by atoms with Gasteiger partial charge in [0.05, 0.1) is 23.1 Å². The minimum absolute atomic E-state index is 0.666. The molecule has 0 unspecified atom stereocenters. The number of anilines is 2. The predicted molar refractivity (Wildman–Crippen MR) is 78.2 cm³/mol. The van der Waals surface area contributed by atoms with Gasteiger partial charge in [-0.25, -0.2) is 0 Å². The van der Waals surface area contributed by atoms with Crippen molar-refractivity contribution in [1.82, 2.24) is 4.98 Å². The van der Waals surface area contributed by atoms with Crippen LogP contribution >= 0.6 is 0 Å². The molecule has 19 heavy (non-hydrogen) atoms. The van der Waals surface area contributed by atoms with Crippen molar-refractivity contribution in [3.63, 3.8) is 0 Å². The van der Waals surface area contributed by atoms with Gasteiger partial charge in [-0.2, -0.15) is 0 Å². The topological polar surface area (TPSA) is 60.2 Å². The fraction of sp³-hybridized carbons (Fsp3) is 0.400. The summed E-state index contributed by atoms with van der Waals surface area (Å²) in [7, 11) is 0. The number of nitrogens with one attached hydrogen (secondary N) is 1. The molecule has 4 nitrogen and oxygen atoms in total. The lowest BCUT2D eigenvalue weighted by Gasteiger charge is -2.23. The number of aromatic nitrogens is 1.